The van der Waals surface area contributed by atoms with Gasteiger partial charge in [-0.3, -0.25) is 20.2 Å². The van der Waals surface area contributed by atoms with E-state index in [2.05, 4.69) is 10.6 Å². The Bertz CT molecular complexity index is 1090. The second-order valence-corrected chi connectivity index (χ2v) is 6.21. The number of hydrogen-bond acceptors (Lipinski definition) is 6. The molecule has 0 aliphatic rings. The Kier molecular flexibility index (Phi) is 6.00. The van der Waals surface area contributed by atoms with Gasteiger partial charge in [-0.25, -0.2) is 0 Å². The Morgan fingerprint density at radius 3 is 2.62 bits per heavy atom. The summed E-state index contributed by atoms with van der Waals surface area (Å²) in [5.41, 5.74) is 0.692. The van der Waals surface area contributed by atoms with Crippen LogP contribution in [0.3, 0.4) is 0 Å². The quantitative estimate of drug-likeness (QED) is 0.191. The third kappa shape index (κ3) is 5.27. The summed E-state index contributed by atoms with van der Waals surface area (Å²) in [7, 11) is 0. The van der Waals surface area contributed by atoms with E-state index < -0.39 is 10.8 Å². The fourth-order valence-corrected chi connectivity index (χ4v) is 2.61. The lowest BCUT2D eigenvalue weighted by Crippen LogP contribution is -2.32. The van der Waals surface area contributed by atoms with Gasteiger partial charge < -0.3 is 14.8 Å². The number of carbonyl (C=O) groups excluding carboxylic acids is 1. The summed E-state index contributed by atoms with van der Waals surface area (Å²) in [4.78, 5) is 22.2. The van der Waals surface area contributed by atoms with Gasteiger partial charge in [-0.1, -0.05) is 30.3 Å². The van der Waals surface area contributed by atoms with Crippen molar-refractivity contribution in [3.05, 3.63) is 82.6 Å². The van der Waals surface area contributed by atoms with E-state index >= 15 is 0 Å². The molecule has 29 heavy (non-hydrogen) atoms. The van der Waals surface area contributed by atoms with Gasteiger partial charge in [-0.15, -0.1) is 0 Å². The Morgan fingerprint density at radius 2 is 1.90 bits per heavy atom. The van der Waals surface area contributed by atoms with Gasteiger partial charge in [0, 0.05) is 23.8 Å². The molecule has 0 spiro atoms. The number of hydrogen-bond donors (Lipinski definition) is 3. The number of nitrogens with one attached hydrogen (secondary N) is 2. The van der Waals surface area contributed by atoms with Crippen molar-refractivity contribution in [3.8, 4) is 17.1 Å². The van der Waals surface area contributed by atoms with Crippen molar-refractivity contribution < 1.29 is 19.2 Å². The molecular weight excluding hydrogens is 394 g/mol. The molecule has 1 aromatic heterocycles. The van der Waals surface area contributed by atoms with Crippen LogP contribution in [0.5, 0.6) is 5.75 Å². The maximum absolute atomic E-state index is 12.0. The fourth-order valence-electron chi connectivity index (χ4n) is 2.40. The zero-order valence-electron chi connectivity index (χ0n) is 14.9. The normalized spacial score (nSPS) is 10.6. The number of amides is 1. The third-order valence-electron chi connectivity index (χ3n) is 3.76. The number of phenolic OH excluding ortho intramolecular Hbond substituents is 1. The highest BCUT2D eigenvalue weighted by atomic mass is 32.1. The molecule has 3 rings (SSSR count). The Hall–Kier alpha value is -3.98. The number of non-ortho nitro benzene ring substituents is 1. The van der Waals surface area contributed by atoms with Gasteiger partial charge in [-0.2, -0.15) is 0 Å². The molecule has 0 aliphatic carbocycles. The van der Waals surface area contributed by atoms with Crippen molar-refractivity contribution in [2.75, 3.05) is 5.32 Å². The van der Waals surface area contributed by atoms with Gasteiger partial charge in [-0.05, 0) is 36.5 Å². The smallest absolute Gasteiger partial charge is 0.271 e. The number of anilines is 1. The molecule has 0 saturated heterocycles. The van der Waals surface area contributed by atoms with E-state index in [1.807, 2.05) is 30.3 Å². The SMILES string of the molecule is O=C(/C=C/c1ccc(-c2ccccc2)o1)NC(=S)Nc1cc([N+](=O)[O-])ccc1O. The molecule has 3 aromatic rings. The minimum Gasteiger partial charge on any atom is -0.506 e. The van der Waals surface area contributed by atoms with Crippen molar-refractivity contribution in [3.63, 3.8) is 0 Å². The number of phenols is 1. The van der Waals surface area contributed by atoms with Gasteiger partial charge in [0.05, 0.1) is 10.6 Å². The highest BCUT2D eigenvalue weighted by Crippen LogP contribution is 2.27. The van der Waals surface area contributed by atoms with Crippen LogP contribution in [0.1, 0.15) is 5.76 Å². The number of carbonyl (C=O) groups is 1. The first-order valence-corrected chi connectivity index (χ1v) is 8.76. The van der Waals surface area contributed by atoms with Crippen molar-refractivity contribution in [1.82, 2.24) is 5.32 Å². The predicted molar refractivity (Wildman–Crippen MR) is 112 cm³/mol. The number of nitro groups is 1. The molecule has 1 amide bonds. The number of furan rings is 1. The maximum atomic E-state index is 12.0. The lowest BCUT2D eigenvalue weighted by Gasteiger charge is -2.09. The second-order valence-electron chi connectivity index (χ2n) is 5.80. The van der Waals surface area contributed by atoms with Gasteiger partial charge in [0.25, 0.3) is 5.69 Å². The molecule has 146 valence electrons. The molecule has 9 heteroatoms. The summed E-state index contributed by atoms with van der Waals surface area (Å²) in [5, 5.41) is 25.4. The van der Waals surface area contributed by atoms with Crippen LogP contribution in [0.15, 0.2) is 71.2 Å². The van der Waals surface area contributed by atoms with E-state index in [0.717, 1.165) is 23.8 Å². The van der Waals surface area contributed by atoms with Gasteiger partial charge >= 0.3 is 0 Å². The summed E-state index contributed by atoms with van der Waals surface area (Å²) < 4.78 is 5.66. The van der Waals surface area contributed by atoms with E-state index in [9.17, 15) is 20.0 Å². The Morgan fingerprint density at radius 1 is 1.14 bits per heavy atom. The first-order chi connectivity index (χ1) is 13.9. The largest absolute Gasteiger partial charge is 0.506 e. The molecule has 1 heterocycles. The average Bonchev–Trinajstić information content (AvgIpc) is 3.17. The minimum atomic E-state index is -0.609. The summed E-state index contributed by atoms with van der Waals surface area (Å²) in [6.45, 7) is 0. The highest BCUT2D eigenvalue weighted by Gasteiger charge is 2.12. The minimum absolute atomic E-state index is 0.00650. The second kappa shape index (κ2) is 8.81. The third-order valence-corrected chi connectivity index (χ3v) is 3.96. The van der Waals surface area contributed by atoms with E-state index in [0.29, 0.717) is 11.5 Å². The van der Waals surface area contributed by atoms with Crippen LogP contribution < -0.4 is 10.6 Å². The van der Waals surface area contributed by atoms with E-state index in [1.165, 1.54) is 12.2 Å². The molecule has 0 saturated carbocycles. The van der Waals surface area contributed by atoms with Gasteiger partial charge in [0.1, 0.15) is 17.3 Å². The van der Waals surface area contributed by atoms with Gasteiger partial charge in [0.2, 0.25) is 5.91 Å². The van der Waals surface area contributed by atoms with E-state index in [-0.39, 0.29) is 22.2 Å². The predicted octanol–water partition coefficient (Wildman–Crippen LogP) is 4.09. The van der Waals surface area contributed by atoms with Crippen LogP contribution in [-0.4, -0.2) is 21.0 Å². The van der Waals surface area contributed by atoms with Crippen LogP contribution in [-0.2, 0) is 4.79 Å². The van der Waals surface area contributed by atoms with Crippen molar-refractivity contribution in [2.45, 2.75) is 0 Å². The first-order valence-electron chi connectivity index (χ1n) is 8.35. The summed E-state index contributed by atoms with van der Waals surface area (Å²) in [6.07, 6.45) is 2.71. The lowest BCUT2D eigenvalue weighted by atomic mass is 10.2. The molecular formula is C20H15N3O5S. The monoisotopic (exact) mass is 409 g/mol. The number of aromatic hydroxyl groups is 1. The van der Waals surface area contributed by atoms with E-state index in [1.54, 1.807) is 12.1 Å². The number of rotatable bonds is 5. The summed E-state index contributed by atoms with van der Waals surface area (Å²) in [6, 6.07) is 16.5. The van der Waals surface area contributed by atoms with E-state index in [4.69, 9.17) is 16.6 Å². The molecule has 3 N–H and O–H groups in total. The molecule has 0 atom stereocenters. The van der Waals surface area contributed by atoms with Crippen molar-refractivity contribution >= 4 is 40.7 Å². The molecule has 0 radical (unpaired) electrons. The summed E-state index contributed by atoms with van der Waals surface area (Å²) >= 11 is 5.00. The zero-order chi connectivity index (χ0) is 20.8. The molecule has 0 unspecified atom stereocenters. The topological polar surface area (TPSA) is 118 Å². The van der Waals surface area contributed by atoms with Crippen molar-refractivity contribution in [1.29, 1.82) is 0 Å². The highest BCUT2D eigenvalue weighted by molar-refractivity contribution is 7.80. The van der Waals surface area contributed by atoms with Crippen LogP contribution in [0.4, 0.5) is 11.4 Å². The molecule has 0 bridgehead atoms. The fraction of sp³-hybridized carbons (Fsp3) is 0. The Balaban J connectivity index is 1.59. The molecule has 0 fully saturated rings. The Labute approximate surface area is 170 Å². The van der Waals surface area contributed by atoms with Crippen LogP contribution in [0, 0.1) is 10.1 Å². The van der Waals surface area contributed by atoms with Crippen molar-refractivity contribution in [2.24, 2.45) is 0 Å². The van der Waals surface area contributed by atoms with Gasteiger partial charge in [0.15, 0.2) is 5.11 Å². The standard InChI is InChI=1S/C20H15N3O5S/c24-17-9-6-14(23(26)27)12-16(17)21-20(29)22-19(25)11-8-15-7-10-18(28-15)13-4-2-1-3-5-13/h1-12,24H,(H2,21,22,25,29)/b11-8+. The molecule has 8 nitrogen and oxygen atoms in total. The lowest BCUT2D eigenvalue weighted by molar-refractivity contribution is -0.384. The first kappa shape index (κ1) is 19.8. The average molecular weight is 409 g/mol. The van der Waals surface area contributed by atoms with Crippen LogP contribution in [0.2, 0.25) is 0 Å². The molecule has 2 aromatic carbocycles. The number of thiocarbonyl (C=S) groups is 1. The molecule has 0 aliphatic heterocycles. The number of nitro benzene ring substituents is 1. The number of nitrogens with zero attached hydrogens (tertiary/aromatic N) is 1. The summed E-state index contributed by atoms with van der Waals surface area (Å²) in [5.74, 6) is 0.370. The maximum Gasteiger partial charge on any atom is 0.271 e. The number of benzene rings is 2. The van der Waals surface area contributed by atoms with Crippen LogP contribution in [0.25, 0.3) is 17.4 Å². The van der Waals surface area contributed by atoms with Crippen LogP contribution >= 0.6 is 12.2 Å². The zero-order valence-corrected chi connectivity index (χ0v) is 15.7.